The number of rotatable bonds is 6. The van der Waals surface area contributed by atoms with Gasteiger partial charge in [-0.15, -0.1) is 0 Å². The predicted molar refractivity (Wildman–Crippen MR) is 138 cm³/mol. The number of anilines is 1. The lowest BCUT2D eigenvalue weighted by Crippen LogP contribution is -2.33. The highest BCUT2D eigenvalue weighted by molar-refractivity contribution is 6.11. The third kappa shape index (κ3) is 3.59. The number of benzene rings is 2. The maximum Gasteiger partial charge on any atom is 0.259 e. The Balaban J connectivity index is 1.84. The molecule has 2 amide bonds. The monoisotopic (exact) mass is 489 g/mol. The van der Waals surface area contributed by atoms with Gasteiger partial charge in [0.15, 0.2) is 11.5 Å². The number of nitrogens with one attached hydrogen (secondary N) is 1. The van der Waals surface area contributed by atoms with E-state index in [0.717, 1.165) is 40.0 Å². The van der Waals surface area contributed by atoms with Crippen molar-refractivity contribution in [3.8, 4) is 17.2 Å². The van der Waals surface area contributed by atoms with Crippen molar-refractivity contribution < 1.29 is 23.8 Å². The van der Waals surface area contributed by atoms with Crippen LogP contribution in [0.5, 0.6) is 17.2 Å². The smallest absolute Gasteiger partial charge is 0.259 e. The second kappa shape index (κ2) is 8.93. The van der Waals surface area contributed by atoms with Crippen LogP contribution in [0.25, 0.3) is 10.9 Å². The van der Waals surface area contributed by atoms with Crippen molar-refractivity contribution in [3.05, 3.63) is 58.9 Å². The number of methoxy groups -OCH3 is 3. The number of carbonyl (C=O) groups is 2. The molecule has 188 valence electrons. The highest BCUT2D eigenvalue weighted by Gasteiger charge is 2.43. The first-order chi connectivity index (χ1) is 17.3. The Labute approximate surface area is 210 Å². The molecule has 0 fully saturated rings. The number of hydrogen-bond acceptors (Lipinski definition) is 6. The second-order valence-electron chi connectivity index (χ2n) is 9.64. The van der Waals surface area contributed by atoms with Crippen LogP contribution in [0.4, 0.5) is 5.69 Å². The van der Waals surface area contributed by atoms with E-state index in [0.29, 0.717) is 28.7 Å². The maximum atomic E-state index is 13.8. The molecule has 2 aliphatic heterocycles. The van der Waals surface area contributed by atoms with Gasteiger partial charge in [-0.1, -0.05) is 19.9 Å². The highest BCUT2D eigenvalue weighted by atomic mass is 16.5. The summed E-state index contributed by atoms with van der Waals surface area (Å²) in [7, 11) is 4.75. The zero-order valence-electron chi connectivity index (χ0n) is 21.5. The third-order valence-corrected chi connectivity index (χ3v) is 6.93. The van der Waals surface area contributed by atoms with Crippen molar-refractivity contribution in [2.45, 2.75) is 33.2 Å². The van der Waals surface area contributed by atoms with Crippen LogP contribution in [0.2, 0.25) is 0 Å². The molecule has 36 heavy (non-hydrogen) atoms. The van der Waals surface area contributed by atoms with Crippen molar-refractivity contribution in [3.63, 3.8) is 0 Å². The van der Waals surface area contributed by atoms with Crippen molar-refractivity contribution in [1.29, 1.82) is 0 Å². The average molecular weight is 490 g/mol. The molecule has 1 aromatic heterocycles. The molecule has 8 heteroatoms. The van der Waals surface area contributed by atoms with Crippen LogP contribution in [0, 0.1) is 5.92 Å². The van der Waals surface area contributed by atoms with E-state index in [4.69, 9.17) is 14.2 Å². The van der Waals surface area contributed by atoms with Gasteiger partial charge in [-0.25, -0.2) is 0 Å². The van der Waals surface area contributed by atoms with Gasteiger partial charge in [0.05, 0.1) is 39.0 Å². The Morgan fingerprint density at radius 1 is 1.06 bits per heavy atom. The number of imide groups is 1. The van der Waals surface area contributed by atoms with E-state index in [-0.39, 0.29) is 18.4 Å². The van der Waals surface area contributed by atoms with Gasteiger partial charge in [-0.05, 0) is 29.7 Å². The van der Waals surface area contributed by atoms with Crippen molar-refractivity contribution in [1.82, 2.24) is 9.47 Å². The van der Waals surface area contributed by atoms with Crippen LogP contribution in [0.3, 0.4) is 0 Å². The highest BCUT2D eigenvalue weighted by Crippen LogP contribution is 2.50. The number of aromatic nitrogens is 1. The minimum atomic E-state index is -0.487. The van der Waals surface area contributed by atoms with Crippen LogP contribution in [0.15, 0.2) is 47.8 Å². The molecule has 5 rings (SSSR count). The second-order valence-corrected chi connectivity index (χ2v) is 9.64. The van der Waals surface area contributed by atoms with Crippen LogP contribution in [-0.4, -0.2) is 49.2 Å². The molecule has 0 aliphatic carbocycles. The number of carbonyl (C=O) groups excluding carboxylic acids is 2. The van der Waals surface area contributed by atoms with Crippen LogP contribution < -0.4 is 19.5 Å². The molecular weight excluding hydrogens is 458 g/mol. The first-order valence-electron chi connectivity index (χ1n) is 12.0. The predicted octanol–water partition coefficient (Wildman–Crippen LogP) is 4.52. The molecule has 3 heterocycles. The quantitative estimate of drug-likeness (QED) is 0.548. The Morgan fingerprint density at radius 3 is 2.39 bits per heavy atom. The van der Waals surface area contributed by atoms with Gasteiger partial charge >= 0.3 is 0 Å². The SMILES string of the molecule is COc1cc(OC)c(C2C3=C(CN(C(C)=O)C3=O)Nc3cccc4c3c2cn4CC(C)C)cc1OC. The van der Waals surface area contributed by atoms with Gasteiger partial charge in [0.25, 0.3) is 5.91 Å². The molecule has 0 saturated heterocycles. The Bertz CT molecular complexity index is 1420. The molecule has 2 aromatic carbocycles. The van der Waals surface area contributed by atoms with E-state index in [1.165, 1.54) is 11.8 Å². The molecule has 1 N–H and O–H groups in total. The largest absolute Gasteiger partial charge is 0.496 e. The van der Waals surface area contributed by atoms with E-state index < -0.39 is 5.92 Å². The first kappa shape index (κ1) is 23.8. The summed E-state index contributed by atoms with van der Waals surface area (Å²) in [5, 5.41) is 4.56. The minimum Gasteiger partial charge on any atom is -0.496 e. The number of amides is 2. The summed E-state index contributed by atoms with van der Waals surface area (Å²) in [5.41, 5.74) is 5.00. The molecule has 2 aliphatic rings. The van der Waals surface area contributed by atoms with Crippen LogP contribution in [0.1, 0.15) is 37.8 Å². The lowest BCUT2D eigenvalue weighted by atomic mass is 9.83. The lowest BCUT2D eigenvalue weighted by molar-refractivity contribution is -0.139. The fourth-order valence-corrected chi connectivity index (χ4v) is 5.42. The third-order valence-electron chi connectivity index (χ3n) is 6.93. The summed E-state index contributed by atoms with van der Waals surface area (Å²) < 4.78 is 19.2. The zero-order valence-corrected chi connectivity index (χ0v) is 21.5. The van der Waals surface area contributed by atoms with Gasteiger partial charge in [0, 0.05) is 54.0 Å². The van der Waals surface area contributed by atoms with E-state index in [1.807, 2.05) is 18.2 Å². The topological polar surface area (TPSA) is 82.0 Å². The van der Waals surface area contributed by atoms with Crippen LogP contribution >= 0.6 is 0 Å². The fourth-order valence-electron chi connectivity index (χ4n) is 5.42. The molecule has 0 bridgehead atoms. The van der Waals surface area contributed by atoms with Crippen LogP contribution in [-0.2, 0) is 16.1 Å². The normalized spacial score (nSPS) is 16.8. The van der Waals surface area contributed by atoms with Crippen molar-refractivity contribution >= 4 is 28.4 Å². The van der Waals surface area contributed by atoms with Crippen molar-refractivity contribution in [2.24, 2.45) is 5.92 Å². The first-order valence-corrected chi connectivity index (χ1v) is 12.0. The molecule has 3 aromatic rings. The number of nitrogens with zero attached hydrogens (tertiary/aromatic N) is 2. The average Bonchev–Trinajstić information content (AvgIpc) is 3.32. The molecule has 8 nitrogen and oxygen atoms in total. The van der Waals surface area contributed by atoms with Gasteiger partial charge < -0.3 is 24.1 Å². The molecule has 1 atom stereocenters. The molecule has 0 radical (unpaired) electrons. The van der Waals surface area contributed by atoms with E-state index in [2.05, 4.69) is 36.0 Å². The van der Waals surface area contributed by atoms with Gasteiger partial charge in [-0.3, -0.25) is 14.5 Å². The number of hydrogen-bond donors (Lipinski definition) is 1. The maximum absolute atomic E-state index is 13.8. The lowest BCUT2D eigenvalue weighted by Gasteiger charge is -2.23. The molecule has 0 saturated carbocycles. The van der Waals surface area contributed by atoms with Crippen molar-refractivity contribution in [2.75, 3.05) is 33.2 Å². The van der Waals surface area contributed by atoms with E-state index >= 15 is 0 Å². The van der Waals surface area contributed by atoms with Gasteiger partial charge in [0.2, 0.25) is 5.91 Å². The Morgan fingerprint density at radius 2 is 1.75 bits per heavy atom. The standard InChI is InChI=1S/C28H31N3O5/c1-15(2)12-30-13-18-25(17-10-23(35-5)24(36-6)11-22(17)34-4)27-20(14-31(16(3)32)28(27)33)29-19-8-7-9-21(30)26(18)19/h7-11,13,15,25,29H,12,14H2,1-6H3. The molecular formula is C28H31N3O5. The summed E-state index contributed by atoms with van der Waals surface area (Å²) in [4.78, 5) is 27.4. The van der Waals surface area contributed by atoms with E-state index in [1.54, 1.807) is 27.4 Å². The summed E-state index contributed by atoms with van der Waals surface area (Å²) in [6.07, 6.45) is 2.14. The molecule has 0 spiro atoms. The summed E-state index contributed by atoms with van der Waals surface area (Å²) >= 11 is 0. The molecule has 1 unspecified atom stereocenters. The Kier molecular flexibility index (Phi) is 5.90. The minimum absolute atomic E-state index is 0.197. The zero-order chi connectivity index (χ0) is 25.7. The summed E-state index contributed by atoms with van der Waals surface area (Å²) in [6, 6.07) is 9.79. The van der Waals surface area contributed by atoms with E-state index in [9.17, 15) is 9.59 Å². The summed E-state index contributed by atoms with van der Waals surface area (Å²) in [5.74, 6) is 0.991. The van der Waals surface area contributed by atoms with Gasteiger partial charge in [0.1, 0.15) is 5.75 Å². The Hall–Kier alpha value is -3.94. The number of ether oxygens (including phenoxy) is 3. The summed E-state index contributed by atoms with van der Waals surface area (Å²) in [6.45, 7) is 6.80. The fraction of sp³-hybridized carbons (Fsp3) is 0.357. The van der Waals surface area contributed by atoms with Gasteiger partial charge in [-0.2, -0.15) is 0 Å².